The third kappa shape index (κ3) is 6.44. The van der Waals surface area contributed by atoms with Gasteiger partial charge in [-0.1, -0.05) is 0 Å². The van der Waals surface area contributed by atoms with E-state index in [4.69, 9.17) is 4.74 Å². The predicted octanol–water partition coefficient (Wildman–Crippen LogP) is 1.40. The minimum absolute atomic E-state index is 0.230. The van der Waals surface area contributed by atoms with E-state index >= 15 is 0 Å². The van der Waals surface area contributed by atoms with Gasteiger partial charge in [0.15, 0.2) is 0 Å². The van der Waals surface area contributed by atoms with Crippen LogP contribution in [0.5, 0.6) is 11.5 Å². The Labute approximate surface area is 196 Å². The van der Waals surface area contributed by atoms with Gasteiger partial charge in [-0.05, 0) is 50.2 Å². The number of aromatic nitrogens is 2. The number of fused-ring (bicyclic) bond motifs is 1. The molecule has 3 aromatic rings. The number of nitrogens with zero attached hydrogens (tertiary/aromatic N) is 2. The van der Waals surface area contributed by atoms with Crippen LogP contribution in [0.4, 0.5) is 10.6 Å². The summed E-state index contributed by atoms with van der Waals surface area (Å²) in [6.07, 6.45) is 3.87. The van der Waals surface area contributed by atoms with Crippen LogP contribution in [0.15, 0.2) is 48.8 Å². The number of pyridine rings is 1. The number of anilines is 1. The van der Waals surface area contributed by atoms with Crippen molar-refractivity contribution in [3.8, 4) is 11.5 Å². The minimum atomic E-state index is -1.09. The molecule has 1 aliphatic rings. The number of aromatic amines is 1. The van der Waals surface area contributed by atoms with Crippen LogP contribution in [0, 0.1) is 0 Å². The maximum Gasteiger partial charge on any atom is 0.321 e. The van der Waals surface area contributed by atoms with Gasteiger partial charge in [-0.25, -0.2) is 9.78 Å². The molecule has 7 N–H and O–H groups in total. The Morgan fingerprint density at radius 3 is 2.68 bits per heavy atom. The molecule has 0 aliphatic carbocycles. The van der Waals surface area contributed by atoms with Crippen molar-refractivity contribution in [2.75, 3.05) is 32.1 Å². The average Bonchev–Trinajstić information content (AvgIpc) is 3.32. The number of carbonyl (C=O) groups excluding carboxylic acids is 2. The van der Waals surface area contributed by atoms with E-state index in [2.05, 4.69) is 26.3 Å². The summed E-state index contributed by atoms with van der Waals surface area (Å²) >= 11 is 0. The maximum atomic E-state index is 12.6. The number of carbonyl (C=O) groups is 2. The number of hydrogen-bond donors (Lipinski definition) is 6. The third-order valence-electron chi connectivity index (χ3n) is 5.30. The fourth-order valence-corrected chi connectivity index (χ4v) is 3.58. The van der Waals surface area contributed by atoms with Crippen LogP contribution in [0.25, 0.3) is 10.9 Å². The highest BCUT2D eigenvalue weighted by Gasteiger charge is 2.28. The summed E-state index contributed by atoms with van der Waals surface area (Å²) < 4.78 is 5.86. The molecule has 34 heavy (non-hydrogen) atoms. The first-order valence-electron chi connectivity index (χ1n) is 11.0. The Bertz CT molecular complexity index is 1100. The van der Waals surface area contributed by atoms with Gasteiger partial charge in [-0.15, -0.1) is 0 Å². The quantitative estimate of drug-likeness (QED) is 0.317. The van der Waals surface area contributed by atoms with Crippen molar-refractivity contribution in [1.29, 1.82) is 0 Å². The van der Waals surface area contributed by atoms with E-state index in [-0.39, 0.29) is 11.7 Å². The van der Waals surface area contributed by atoms with Gasteiger partial charge in [0, 0.05) is 42.5 Å². The highest BCUT2D eigenvalue weighted by atomic mass is 16.5. The Morgan fingerprint density at radius 1 is 1.21 bits per heavy atom. The SMILES string of the molecule is CN.O=C(Nc1cc(Oc2ccc3[nH]ccc3c2)ccn1)N[C@@H](CO)C(=O)N1CCC(O)CC1. The van der Waals surface area contributed by atoms with E-state index in [1.54, 1.807) is 12.1 Å². The Balaban J connectivity index is 0.00000158. The number of likely N-dealkylation sites (tertiary alicyclic amines) is 1. The summed E-state index contributed by atoms with van der Waals surface area (Å²) in [5.74, 6) is 0.954. The van der Waals surface area contributed by atoms with Crippen molar-refractivity contribution in [2.45, 2.75) is 25.0 Å². The fourth-order valence-electron chi connectivity index (χ4n) is 3.58. The van der Waals surface area contributed by atoms with Crippen LogP contribution in [0.2, 0.25) is 0 Å². The Hall–Kier alpha value is -3.67. The molecule has 0 unspecified atom stereocenters. The van der Waals surface area contributed by atoms with Crippen LogP contribution in [0.1, 0.15) is 12.8 Å². The molecule has 0 saturated carbocycles. The summed E-state index contributed by atoms with van der Waals surface area (Å²) in [5, 5.41) is 25.2. The lowest BCUT2D eigenvalue weighted by Gasteiger charge is -2.32. The van der Waals surface area contributed by atoms with Crippen LogP contribution in [-0.2, 0) is 4.79 Å². The second-order valence-electron chi connectivity index (χ2n) is 7.60. The highest BCUT2D eigenvalue weighted by Crippen LogP contribution is 2.26. The number of urea groups is 1. The molecule has 1 aliphatic heterocycles. The number of rotatable bonds is 6. The van der Waals surface area contributed by atoms with Crippen molar-refractivity contribution in [1.82, 2.24) is 20.2 Å². The number of amides is 3. The molecular weight excluding hydrogens is 440 g/mol. The average molecular weight is 471 g/mol. The number of aliphatic hydroxyl groups excluding tert-OH is 2. The first-order valence-corrected chi connectivity index (χ1v) is 11.0. The number of nitrogens with two attached hydrogens (primary N) is 1. The van der Waals surface area contributed by atoms with Gasteiger partial charge in [0.25, 0.3) is 0 Å². The first kappa shape index (κ1) is 25.0. The Kier molecular flexibility index (Phi) is 8.79. The van der Waals surface area contributed by atoms with Crippen LogP contribution < -0.4 is 21.1 Å². The molecule has 0 bridgehead atoms. The molecule has 11 nitrogen and oxygen atoms in total. The van der Waals surface area contributed by atoms with E-state index in [1.165, 1.54) is 18.1 Å². The highest BCUT2D eigenvalue weighted by molar-refractivity contribution is 5.93. The lowest BCUT2D eigenvalue weighted by molar-refractivity contribution is -0.136. The van der Waals surface area contributed by atoms with Gasteiger partial charge in [0.05, 0.1) is 12.7 Å². The number of H-pyrrole nitrogens is 1. The normalized spacial score (nSPS) is 14.6. The van der Waals surface area contributed by atoms with Crippen molar-refractivity contribution in [3.05, 3.63) is 48.8 Å². The van der Waals surface area contributed by atoms with Crippen LogP contribution >= 0.6 is 0 Å². The van der Waals surface area contributed by atoms with Gasteiger partial charge >= 0.3 is 6.03 Å². The monoisotopic (exact) mass is 470 g/mol. The zero-order valence-corrected chi connectivity index (χ0v) is 18.9. The zero-order valence-electron chi connectivity index (χ0n) is 18.9. The summed E-state index contributed by atoms with van der Waals surface area (Å²) in [4.78, 5) is 33.7. The van der Waals surface area contributed by atoms with Crippen LogP contribution in [-0.4, -0.2) is 75.9 Å². The van der Waals surface area contributed by atoms with Gasteiger partial charge in [-0.2, -0.15) is 0 Å². The summed E-state index contributed by atoms with van der Waals surface area (Å²) in [5.41, 5.74) is 5.50. The molecule has 1 fully saturated rings. The number of hydrogen-bond acceptors (Lipinski definition) is 7. The second kappa shape index (κ2) is 12.0. The fraction of sp³-hybridized carbons (Fsp3) is 0.348. The van der Waals surface area contributed by atoms with Gasteiger partial charge < -0.3 is 35.9 Å². The molecule has 4 rings (SSSR count). The third-order valence-corrected chi connectivity index (χ3v) is 5.30. The minimum Gasteiger partial charge on any atom is -0.457 e. The number of piperidine rings is 1. The predicted molar refractivity (Wildman–Crippen MR) is 128 cm³/mol. The van der Waals surface area contributed by atoms with Gasteiger partial charge in [0.2, 0.25) is 5.91 Å². The van der Waals surface area contributed by atoms with Crippen molar-refractivity contribution >= 4 is 28.7 Å². The number of benzene rings is 1. The summed E-state index contributed by atoms with van der Waals surface area (Å²) in [7, 11) is 1.50. The number of ether oxygens (including phenoxy) is 1. The Morgan fingerprint density at radius 2 is 1.94 bits per heavy atom. The molecule has 3 amide bonds. The molecule has 11 heteroatoms. The van der Waals surface area contributed by atoms with Crippen LogP contribution in [0.3, 0.4) is 0 Å². The summed E-state index contributed by atoms with van der Waals surface area (Å²) in [6, 6.07) is 9.03. The standard InChI is InChI=1S/C22H25N5O5.CH5N/c28-13-19(21(30)27-9-5-15(29)6-10-27)25-22(31)26-20-12-17(4-8-24-20)32-16-1-2-18-14(11-16)3-7-23-18;1-2/h1-4,7-8,11-12,15,19,23,28-29H,5-6,9-10,13H2,(H2,24,25,26,31);2H2,1H3/t19-;/m0./s1. The number of nitrogens with one attached hydrogen (secondary N) is 3. The van der Waals surface area contributed by atoms with Gasteiger partial charge in [-0.3, -0.25) is 10.1 Å². The van der Waals surface area contributed by atoms with E-state index in [0.717, 1.165) is 10.9 Å². The van der Waals surface area contributed by atoms with E-state index in [0.29, 0.717) is 37.4 Å². The maximum absolute atomic E-state index is 12.6. The molecule has 0 spiro atoms. The van der Waals surface area contributed by atoms with Crippen molar-refractivity contribution in [3.63, 3.8) is 0 Å². The molecular formula is C23H30N6O5. The molecule has 1 saturated heterocycles. The molecule has 1 aromatic carbocycles. The lowest BCUT2D eigenvalue weighted by Crippen LogP contribution is -2.53. The molecule has 0 radical (unpaired) electrons. The number of aliphatic hydroxyl groups is 2. The second-order valence-corrected chi connectivity index (χ2v) is 7.60. The molecule has 1 atom stereocenters. The molecule has 2 aromatic heterocycles. The largest absolute Gasteiger partial charge is 0.457 e. The van der Waals surface area contributed by atoms with E-state index < -0.39 is 24.8 Å². The van der Waals surface area contributed by atoms with Gasteiger partial charge in [0.1, 0.15) is 23.4 Å². The van der Waals surface area contributed by atoms with Crippen molar-refractivity contribution in [2.24, 2.45) is 5.73 Å². The zero-order chi connectivity index (χ0) is 24.5. The topological polar surface area (TPSA) is 166 Å². The molecule has 3 heterocycles. The lowest BCUT2D eigenvalue weighted by atomic mass is 10.1. The van der Waals surface area contributed by atoms with E-state index in [9.17, 15) is 19.8 Å². The molecule has 182 valence electrons. The summed E-state index contributed by atoms with van der Waals surface area (Å²) in [6.45, 7) is 0.230. The smallest absolute Gasteiger partial charge is 0.321 e. The van der Waals surface area contributed by atoms with Crippen molar-refractivity contribution < 1.29 is 24.5 Å². The van der Waals surface area contributed by atoms with E-state index in [1.807, 2.05) is 30.5 Å². The first-order chi connectivity index (χ1) is 16.5.